The second kappa shape index (κ2) is 6.70. The first-order chi connectivity index (χ1) is 4.29. The van der Waals surface area contributed by atoms with E-state index in [-0.39, 0.29) is 30.7 Å². The molecular weight excluding hydrogens is 187 g/mol. The summed E-state index contributed by atoms with van der Waals surface area (Å²) in [6.07, 6.45) is 1.07. The van der Waals surface area contributed by atoms with Crippen LogP contribution in [0.4, 0.5) is 0 Å². The Morgan fingerprint density at radius 2 is 2.18 bits per heavy atom. The molecule has 0 unspecified atom stereocenters. The van der Waals surface area contributed by atoms with Gasteiger partial charge in [0, 0.05) is 19.5 Å². The fraction of sp³-hybridized carbons (Fsp3) is 0.833. The number of hydrogen-bond donors (Lipinski definition) is 2. The molecule has 1 amide bonds. The predicted octanol–water partition coefficient (Wildman–Crippen LogP) is 0.328. The lowest BCUT2D eigenvalue weighted by Gasteiger charge is -2.07. The minimum absolute atomic E-state index is 0. The Morgan fingerprint density at radius 1 is 1.55 bits per heavy atom. The van der Waals surface area contributed by atoms with E-state index in [0.717, 1.165) is 19.5 Å². The Bertz CT molecular complexity index is 115. The number of hydrogen-bond acceptors (Lipinski definition) is 2. The molecule has 5 heteroatoms. The van der Waals surface area contributed by atoms with E-state index in [1.807, 2.05) is 0 Å². The molecule has 1 fully saturated rings. The Labute approximate surface area is 79.1 Å². The molecule has 1 saturated heterocycles. The van der Waals surface area contributed by atoms with Crippen LogP contribution in [0, 0.1) is 0 Å². The molecule has 1 heterocycles. The fourth-order valence-electron chi connectivity index (χ4n) is 1.07. The van der Waals surface area contributed by atoms with E-state index in [1.54, 1.807) is 6.92 Å². The molecule has 0 aromatic rings. The lowest BCUT2D eigenvalue weighted by atomic mass is 10.3. The maximum atomic E-state index is 10.5. The highest BCUT2D eigenvalue weighted by Crippen LogP contribution is 1.95. The monoisotopic (exact) mass is 200 g/mol. The SMILES string of the molecule is CC(=O)N[C@@H]1CCNC1.Cl.Cl. The van der Waals surface area contributed by atoms with Crippen molar-refractivity contribution in [1.82, 2.24) is 10.6 Å². The molecule has 68 valence electrons. The van der Waals surface area contributed by atoms with Gasteiger partial charge in [0.05, 0.1) is 0 Å². The molecule has 3 nitrogen and oxygen atoms in total. The summed E-state index contributed by atoms with van der Waals surface area (Å²) in [5.74, 6) is 0.0729. The zero-order valence-corrected chi connectivity index (χ0v) is 8.06. The van der Waals surface area contributed by atoms with Crippen molar-refractivity contribution < 1.29 is 4.79 Å². The van der Waals surface area contributed by atoms with Gasteiger partial charge < -0.3 is 10.6 Å². The highest BCUT2D eigenvalue weighted by atomic mass is 35.5. The van der Waals surface area contributed by atoms with Crippen LogP contribution >= 0.6 is 24.8 Å². The zero-order valence-electron chi connectivity index (χ0n) is 6.42. The maximum Gasteiger partial charge on any atom is 0.217 e. The summed E-state index contributed by atoms with van der Waals surface area (Å²) < 4.78 is 0. The molecule has 1 aliphatic heterocycles. The first kappa shape index (κ1) is 13.6. The van der Waals surface area contributed by atoms with Crippen LogP contribution in [0.3, 0.4) is 0 Å². The van der Waals surface area contributed by atoms with Crippen LogP contribution in [0.25, 0.3) is 0 Å². The molecule has 0 radical (unpaired) electrons. The molecule has 1 aliphatic rings. The summed E-state index contributed by atoms with van der Waals surface area (Å²) in [5, 5.41) is 6.00. The van der Waals surface area contributed by atoms with Gasteiger partial charge in [-0.15, -0.1) is 24.8 Å². The second-order valence-electron chi connectivity index (χ2n) is 2.39. The highest BCUT2D eigenvalue weighted by molar-refractivity contribution is 5.85. The van der Waals surface area contributed by atoms with Crippen molar-refractivity contribution in [1.29, 1.82) is 0 Å². The van der Waals surface area contributed by atoms with Gasteiger partial charge in [0.2, 0.25) is 5.91 Å². The largest absolute Gasteiger partial charge is 0.352 e. The average molecular weight is 201 g/mol. The average Bonchev–Trinajstić information content (AvgIpc) is 2.15. The Hall–Kier alpha value is 0.01000. The van der Waals surface area contributed by atoms with E-state index in [1.165, 1.54) is 0 Å². The van der Waals surface area contributed by atoms with Crippen LogP contribution in [-0.4, -0.2) is 25.0 Å². The Morgan fingerprint density at radius 3 is 2.55 bits per heavy atom. The van der Waals surface area contributed by atoms with Gasteiger partial charge in [-0.3, -0.25) is 4.79 Å². The summed E-state index contributed by atoms with van der Waals surface area (Å²) in [6, 6.07) is 0.377. The van der Waals surface area contributed by atoms with Crippen LogP contribution in [0.5, 0.6) is 0 Å². The standard InChI is InChI=1S/C6H12N2O.2ClH/c1-5(9)8-6-2-3-7-4-6;;/h6-7H,2-4H2,1H3,(H,8,9);2*1H/t6-;;/m1../s1. The van der Waals surface area contributed by atoms with E-state index in [2.05, 4.69) is 10.6 Å². The third-order valence-corrected chi connectivity index (χ3v) is 1.47. The molecule has 0 saturated carbocycles. The van der Waals surface area contributed by atoms with Gasteiger partial charge in [0.25, 0.3) is 0 Å². The van der Waals surface area contributed by atoms with Crippen LogP contribution in [-0.2, 0) is 4.79 Å². The van der Waals surface area contributed by atoms with Crippen molar-refractivity contribution in [3.05, 3.63) is 0 Å². The Balaban J connectivity index is 0. The molecule has 0 spiro atoms. The van der Waals surface area contributed by atoms with Crippen LogP contribution < -0.4 is 10.6 Å². The molecule has 0 aliphatic carbocycles. The van der Waals surface area contributed by atoms with Gasteiger partial charge in [-0.25, -0.2) is 0 Å². The smallest absolute Gasteiger partial charge is 0.217 e. The number of rotatable bonds is 1. The van der Waals surface area contributed by atoms with Gasteiger partial charge >= 0.3 is 0 Å². The van der Waals surface area contributed by atoms with Gasteiger partial charge in [0.15, 0.2) is 0 Å². The number of carbonyl (C=O) groups excluding carboxylic acids is 1. The van der Waals surface area contributed by atoms with E-state index in [0.29, 0.717) is 6.04 Å². The van der Waals surface area contributed by atoms with Crippen molar-refractivity contribution in [2.75, 3.05) is 13.1 Å². The summed E-state index contributed by atoms with van der Waals surface area (Å²) in [7, 11) is 0. The summed E-state index contributed by atoms with van der Waals surface area (Å²) >= 11 is 0. The number of halogens is 2. The third-order valence-electron chi connectivity index (χ3n) is 1.47. The van der Waals surface area contributed by atoms with Crippen LogP contribution in [0.2, 0.25) is 0 Å². The van der Waals surface area contributed by atoms with Gasteiger partial charge in [-0.05, 0) is 13.0 Å². The zero-order chi connectivity index (χ0) is 6.69. The van der Waals surface area contributed by atoms with E-state index in [9.17, 15) is 4.79 Å². The predicted molar refractivity (Wildman–Crippen MR) is 49.6 cm³/mol. The lowest BCUT2D eigenvalue weighted by molar-refractivity contribution is -0.119. The van der Waals surface area contributed by atoms with Crippen molar-refractivity contribution >= 4 is 30.7 Å². The first-order valence-electron chi connectivity index (χ1n) is 3.27. The third kappa shape index (κ3) is 5.30. The maximum absolute atomic E-state index is 10.5. The van der Waals surface area contributed by atoms with E-state index in [4.69, 9.17) is 0 Å². The molecule has 0 aromatic heterocycles. The minimum Gasteiger partial charge on any atom is -0.352 e. The normalized spacial score (nSPS) is 21.4. The highest BCUT2D eigenvalue weighted by Gasteiger charge is 2.13. The molecule has 2 N–H and O–H groups in total. The van der Waals surface area contributed by atoms with Gasteiger partial charge in [0.1, 0.15) is 0 Å². The molecule has 11 heavy (non-hydrogen) atoms. The summed E-state index contributed by atoms with van der Waals surface area (Å²) in [4.78, 5) is 10.5. The van der Waals surface area contributed by atoms with Crippen LogP contribution in [0.1, 0.15) is 13.3 Å². The first-order valence-corrected chi connectivity index (χ1v) is 3.27. The number of nitrogens with one attached hydrogen (secondary N) is 2. The molecule has 0 aromatic carbocycles. The molecular formula is C6H14Cl2N2O. The fourth-order valence-corrected chi connectivity index (χ4v) is 1.07. The number of carbonyl (C=O) groups is 1. The van der Waals surface area contributed by atoms with Gasteiger partial charge in [-0.2, -0.15) is 0 Å². The van der Waals surface area contributed by atoms with E-state index < -0.39 is 0 Å². The second-order valence-corrected chi connectivity index (χ2v) is 2.39. The number of amides is 1. The lowest BCUT2D eigenvalue weighted by Crippen LogP contribution is -2.34. The topological polar surface area (TPSA) is 41.1 Å². The van der Waals surface area contributed by atoms with Crippen molar-refractivity contribution in [3.63, 3.8) is 0 Å². The molecule has 0 bridgehead atoms. The van der Waals surface area contributed by atoms with E-state index >= 15 is 0 Å². The van der Waals surface area contributed by atoms with Crippen molar-refractivity contribution in [2.45, 2.75) is 19.4 Å². The quantitative estimate of drug-likeness (QED) is 0.641. The Kier molecular flexibility index (Phi) is 8.28. The molecule has 1 rings (SSSR count). The van der Waals surface area contributed by atoms with Crippen molar-refractivity contribution in [2.24, 2.45) is 0 Å². The summed E-state index contributed by atoms with van der Waals surface area (Å²) in [6.45, 7) is 3.52. The summed E-state index contributed by atoms with van der Waals surface area (Å²) in [5.41, 5.74) is 0. The molecule has 1 atom stereocenters. The van der Waals surface area contributed by atoms with Crippen molar-refractivity contribution in [3.8, 4) is 0 Å². The van der Waals surface area contributed by atoms with Gasteiger partial charge in [-0.1, -0.05) is 0 Å². The minimum atomic E-state index is 0. The van der Waals surface area contributed by atoms with Crippen LogP contribution in [0.15, 0.2) is 0 Å².